The van der Waals surface area contributed by atoms with Crippen molar-refractivity contribution in [2.75, 3.05) is 17.2 Å². The van der Waals surface area contributed by atoms with Crippen LogP contribution in [0.4, 0.5) is 11.8 Å². The van der Waals surface area contributed by atoms with Gasteiger partial charge in [0.05, 0.1) is 12.1 Å². The molecule has 144 valence electrons. The lowest BCUT2D eigenvalue weighted by atomic mass is 10.1. The third kappa shape index (κ3) is 3.79. The molecule has 0 amide bonds. The molecule has 5 aromatic rings. The Morgan fingerprint density at radius 3 is 2.62 bits per heavy atom. The Kier molecular flexibility index (Phi) is 4.84. The maximum atomic E-state index is 4.74. The summed E-state index contributed by atoms with van der Waals surface area (Å²) in [5, 5.41) is 11.3. The van der Waals surface area contributed by atoms with Gasteiger partial charge in [0.15, 0.2) is 0 Å². The summed E-state index contributed by atoms with van der Waals surface area (Å²) in [7, 11) is 0. The van der Waals surface area contributed by atoms with Crippen LogP contribution in [0.2, 0.25) is 0 Å². The van der Waals surface area contributed by atoms with Crippen LogP contribution in [0.3, 0.4) is 0 Å². The molecule has 3 heterocycles. The summed E-state index contributed by atoms with van der Waals surface area (Å²) in [6.07, 6.45) is 2.99. The molecule has 6 heteroatoms. The zero-order chi connectivity index (χ0) is 19.5. The Labute approximate surface area is 172 Å². The molecule has 2 aromatic carbocycles. The Balaban J connectivity index is 1.34. The van der Waals surface area contributed by atoms with E-state index in [1.165, 1.54) is 21.3 Å². The second kappa shape index (κ2) is 7.93. The second-order valence-electron chi connectivity index (χ2n) is 6.88. The van der Waals surface area contributed by atoms with E-state index in [9.17, 15) is 0 Å². The molecule has 0 fully saturated rings. The van der Waals surface area contributed by atoms with Crippen LogP contribution in [0.1, 0.15) is 10.4 Å². The lowest BCUT2D eigenvalue weighted by Gasteiger charge is -2.11. The van der Waals surface area contributed by atoms with E-state index < -0.39 is 0 Å². The fraction of sp³-hybridized carbons (Fsp3) is 0.130. The molecule has 3 N–H and O–H groups in total. The van der Waals surface area contributed by atoms with Gasteiger partial charge in [-0.05, 0) is 41.6 Å². The first kappa shape index (κ1) is 17.7. The predicted octanol–water partition coefficient (Wildman–Crippen LogP) is 5.44. The molecule has 0 bridgehead atoms. The van der Waals surface area contributed by atoms with Crippen molar-refractivity contribution < 1.29 is 0 Å². The molecule has 0 saturated carbocycles. The number of rotatable bonds is 7. The minimum atomic E-state index is 0.650. The number of fused-ring (bicyclic) bond motifs is 2. The average molecular weight is 400 g/mol. The smallest absolute Gasteiger partial charge is 0.225 e. The Bertz CT molecular complexity index is 1240. The summed E-state index contributed by atoms with van der Waals surface area (Å²) >= 11 is 1.74. The summed E-state index contributed by atoms with van der Waals surface area (Å²) in [5.74, 6) is 1.51. The van der Waals surface area contributed by atoms with Gasteiger partial charge >= 0.3 is 0 Å². The number of nitrogens with one attached hydrogen (secondary N) is 3. The largest absolute Gasteiger partial charge is 0.364 e. The molecule has 5 nitrogen and oxygen atoms in total. The number of benzene rings is 2. The first-order valence-corrected chi connectivity index (χ1v) is 10.6. The molecule has 3 aromatic heterocycles. The van der Waals surface area contributed by atoms with Gasteiger partial charge in [0.25, 0.3) is 0 Å². The highest BCUT2D eigenvalue weighted by molar-refractivity contribution is 7.09. The molecular weight excluding hydrogens is 378 g/mol. The van der Waals surface area contributed by atoms with E-state index in [1.807, 2.05) is 18.2 Å². The fourth-order valence-corrected chi connectivity index (χ4v) is 4.17. The van der Waals surface area contributed by atoms with Crippen molar-refractivity contribution in [3.63, 3.8) is 0 Å². The number of anilines is 2. The Hall–Kier alpha value is -3.38. The third-order valence-electron chi connectivity index (χ3n) is 4.97. The van der Waals surface area contributed by atoms with Gasteiger partial charge in [0.2, 0.25) is 5.95 Å². The van der Waals surface area contributed by atoms with Crippen LogP contribution in [-0.4, -0.2) is 21.5 Å². The molecule has 0 aliphatic carbocycles. The van der Waals surface area contributed by atoms with E-state index in [0.29, 0.717) is 5.95 Å². The van der Waals surface area contributed by atoms with Crippen molar-refractivity contribution >= 4 is 44.9 Å². The minimum Gasteiger partial charge on any atom is -0.364 e. The van der Waals surface area contributed by atoms with Crippen molar-refractivity contribution in [3.8, 4) is 0 Å². The number of aromatic amines is 1. The molecule has 0 saturated heterocycles. The zero-order valence-electron chi connectivity index (χ0n) is 15.9. The number of thiophene rings is 1. The van der Waals surface area contributed by atoms with Gasteiger partial charge in [0, 0.05) is 33.9 Å². The number of hydrogen-bond acceptors (Lipinski definition) is 5. The number of nitrogens with zero attached hydrogens (tertiary/aromatic N) is 2. The third-order valence-corrected chi connectivity index (χ3v) is 5.84. The van der Waals surface area contributed by atoms with Crippen LogP contribution in [-0.2, 0) is 13.0 Å². The molecule has 0 aliphatic heterocycles. The molecular formula is C23H21N5S. The number of hydrogen-bond donors (Lipinski definition) is 3. The highest BCUT2D eigenvalue weighted by Crippen LogP contribution is 2.23. The molecule has 0 atom stereocenters. The maximum Gasteiger partial charge on any atom is 0.225 e. The first-order chi connectivity index (χ1) is 14.4. The van der Waals surface area contributed by atoms with Gasteiger partial charge in [-0.2, -0.15) is 4.98 Å². The van der Waals surface area contributed by atoms with E-state index in [-0.39, 0.29) is 0 Å². The Morgan fingerprint density at radius 1 is 0.862 bits per heavy atom. The molecule has 5 rings (SSSR count). The maximum absolute atomic E-state index is 4.74. The first-order valence-electron chi connectivity index (χ1n) is 9.69. The van der Waals surface area contributed by atoms with Crippen LogP contribution in [0, 0.1) is 0 Å². The minimum absolute atomic E-state index is 0.650. The van der Waals surface area contributed by atoms with E-state index in [0.717, 1.165) is 36.2 Å². The monoisotopic (exact) mass is 399 g/mol. The van der Waals surface area contributed by atoms with Crippen molar-refractivity contribution in [2.45, 2.75) is 13.0 Å². The van der Waals surface area contributed by atoms with E-state index in [2.05, 4.69) is 69.7 Å². The molecule has 29 heavy (non-hydrogen) atoms. The van der Waals surface area contributed by atoms with Gasteiger partial charge in [-0.25, -0.2) is 4.98 Å². The summed E-state index contributed by atoms with van der Waals surface area (Å²) in [4.78, 5) is 14.1. The van der Waals surface area contributed by atoms with Crippen molar-refractivity contribution in [1.29, 1.82) is 0 Å². The van der Waals surface area contributed by atoms with E-state index in [4.69, 9.17) is 9.97 Å². The summed E-state index contributed by atoms with van der Waals surface area (Å²) in [5.41, 5.74) is 3.40. The SMILES string of the molecule is c1csc(CNc2nc(NCCc3c[nH]c4ccccc34)nc3ccccc23)c1. The highest BCUT2D eigenvalue weighted by atomic mass is 32.1. The van der Waals surface area contributed by atoms with E-state index >= 15 is 0 Å². The normalized spacial score (nSPS) is 11.2. The second-order valence-corrected chi connectivity index (χ2v) is 7.91. The lowest BCUT2D eigenvalue weighted by molar-refractivity contribution is 0.994. The van der Waals surface area contributed by atoms with Crippen molar-refractivity contribution in [2.24, 2.45) is 0 Å². The summed E-state index contributed by atoms with van der Waals surface area (Å²) < 4.78 is 0. The van der Waals surface area contributed by atoms with Crippen LogP contribution in [0.15, 0.2) is 72.2 Å². The summed E-state index contributed by atoms with van der Waals surface area (Å²) in [6.45, 7) is 1.53. The fourth-order valence-electron chi connectivity index (χ4n) is 3.52. The zero-order valence-corrected chi connectivity index (χ0v) is 16.7. The van der Waals surface area contributed by atoms with Gasteiger partial charge in [-0.1, -0.05) is 36.4 Å². The lowest BCUT2D eigenvalue weighted by Crippen LogP contribution is -2.10. The predicted molar refractivity (Wildman–Crippen MR) is 122 cm³/mol. The molecule has 0 radical (unpaired) electrons. The van der Waals surface area contributed by atoms with Crippen LogP contribution in [0.5, 0.6) is 0 Å². The average Bonchev–Trinajstić information content (AvgIpc) is 3.42. The van der Waals surface area contributed by atoms with Gasteiger partial charge in [0.1, 0.15) is 5.82 Å². The van der Waals surface area contributed by atoms with Gasteiger partial charge in [-0.3, -0.25) is 0 Å². The molecule has 0 unspecified atom stereocenters. The molecule has 0 aliphatic rings. The number of H-pyrrole nitrogens is 1. The number of para-hydroxylation sites is 2. The summed E-state index contributed by atoms with van der Waals surface area (Å²) in [6, 6.07) is 20.7. The van der Waals surface area contributed by atoms with Crippen LogP contribution >= 0.6 is 11.3 Å². The van der Waals surface area contributed by atoms with Gasteiger partial charge in [-0.15, -0.1) is 11.3 Å². The number of aromatic nitrogens is 3. The van der Waals surface area contributed by atoms with E-state index in [1.54, 1.807) is 11.3 Å². The topological polar surface area (TPSA) is 65.6 Å². The highest BCUT2D eigenvalue weighted by Gasteiger charge is 2.08. The van der Waals surface area contributed by atoms with Crippen LogP contribution in [0.25, 0.3) is 21.8 Å². The standard InChI is InChI=1S/C23H21N5S/c1-3-9-20-18(7-1)16(14-25-20)11-12-24-23-27-21-10-4-2-8-19(21)22(28-23)26-15-17-6-5-13-29-17/h1-10,13-14,25H,11-12,15H2,(H2,24,26,27,28). The molecule has 0 spiro atoms. The van der Waals surface area contributed by atoms with Crippen LogP contribution < -0.4 is 10.6 Å². The quantitative estimate of drug-likeness (QED) is 0.341. The van der Waals surface area contributed by atoms with Gasteiger partial charge < -0.3 is 15.6 Å². The van der Waals surface area contributed by atoms with Crippen molar-refractivity contribution in [1.82, 2.24) is 15.0 Å². The Morgan fingerprint density at radius 2 is 1.72 bits per heavy atom. The van der Waals surface area contributed by atoms with Crippen molar-refractivity contribution in [3.05, 3.63) is 82.7 Å².